The first-order chi connectivity index (χ1) is 8.60. The van der Waals surface area contributed by atoms with Gasteiger partial charge in [-0.15, -0.1) is 0 Å². The Balaban J connectivity index is 2.86. The molecular formula is C13H18BrNO3. The number of esters is 1. The summed E-state index contributed by atoms with van der Waals surface area (Å²) in [5, 5.41) is 0. The van der Waals surface area contributed by atoms with Crippen LogP contribution in [0.25, 0.3) is 0 Å². The first-order valence-electron chi connectivity index (χ1n) is 5.97. The van der Waals surface area contributed by atoms with Crippen LogP contribution in [0, 0.1) is 0 Å². The number of carbonyl (C=O) groups excluding carboxylic acids is 1. The smallest absolute Gasteiger partial charge is 0.347 e. The van der Waals surface area contributed by atoms with E-state index in [2.05, 4.69) is 15.9 Å². The molecule has 0 radical (unpaired) electrons. The van der Waals surface area contributed by atoms with E-state index in [9.17, 15) is 4.79 Å². The van der Waals surface area contributed by atoms with E-state index < -0.39 is 6.10 Å². The maximum absolute atomic E-state index is 11.8. The van der Waals surface area contributed by atoms with Gasteiger partial charge < -0.3 is 15.2 Å². The zero-order chi connectivity index (χ0) is 13.5. The molecule has 0 saturated carbocycles. The first-order valence-corrected chi connectivity index (χ1v) is 6.76. The van der Waals surface area contributed by atoms with Gasteiger partial charge in [-0.2, -0.15) is 0 Å². The van der Waals surface area contributed by atoms with Crippen molar-refractivity contribution in [2.24, 2.45) is 0 Å². The van der Waals surface area contributed by atoms with E-state index in [-0.39, 0.29) is 5.97 Å². The molecule has 0 amide bonds. The van der Waals surface area contributed by atoms with Gasteiger partial charge >= 0.3 is 5.97 Å². The minimum absolute atomic E-state index is 0.341. The van der Waals surface area contributed by atoms with Gasteiger partial charge in [-0.25, -0.2) is 4.79 Å². The average Bonchev–Trinajstić information content (AvgIpc) is 2.33. The SMILES string of the molecule is CCCC(Oc1c(N)cccc1Br)C(=O)OCC. The molecule has 100 valence electrons. The number of carbonyl (C=O) groups is 1. The Bertz CT molecular complexity index is 389. The Morgan fingerprint density at radius 3 is 2.72 bits per heavy atom. The summed E-state index contributed by atoms with van der Waals surface area (Å²) in [4.78, 5) is 11.8. The summed E-state index contributed by atoms with van der Waals surface area (Å²) in [5.74, 6) is 0.138. The van der Waals surface area contributed by atoms with Crippen molar-refractivity contribution in [3.05, 3.63) is 22.7 Å². The van der Waals surface area contributed by atoms with Gasteiger partial charge in [-0.1, -0.05) is 19.4 Å². The van der Waals surface area contributed by atoms with Crippen molar-refractivity contribution in [1.82, 2.24) is 0 Å². The molecule has 18 heavy (non-hydrogen) atoms. The van der Waals surface area contributed by atoms with Crippen molar-refractivity contribution >= 4 is 27.6 Å². The minimum Gasteiger partial charge on any atom is -0.475 e. The Hall–Kier alpha value is -1.23. The van der Waals surface area contributed by atoms with E-state index in [1.54, 1.807) is 13.0 Å². The normalized spacial score (nSPS) is 11.9. The third kappa shape index (κ3) is 3.91. The summed E-state index contributed by atoms with van der Waals surface area (Å²) in [6.45, 7) is 4.10. The number of ether oxygens (including phenoxy) is 2. The standard InChI is InChI=1S/C13H18BrNO3/c1-3-6-11(13(16)17-4-2)18-12-9(14)7-5-8-10(12)15/h5,7-8,11H,3-4,6,15H2,1-2H3. The van der Waals surface area contributed by atoms with Gasteiger partial charge in [0.25, 0.3) is 0 Å². The van der Waals surface area contributed by atoms with E-state index >= 15 is 0 Å². The molecule has 1 unspecified atom stereocenters. The maximum atomic E-state index is 11.8. The third-order valence-electron chi connectivity index (χ3n) is 2.36. The molecule has 1 aromatic carbocycles. The molecule has 0 spiro atoms. The average molecular weight is 316 g/mol. The second-order valence-electron chi connectivity index (χ2n) is 3.81. The number of nitrogen functional groups attached to an aromatic ring is 1. The van der Waals surface area contributed by atoms with Gasteiger partial charge in [0.05, 0.1) is 16.8 Å². The number of rotatable bonds is 6. The van der Waals surface area contributed by atoms with Crippen LogP contribution < -0.4 is 10.5 Å². The molecule has 4 nitrogen and oxygen atoms in total. The molecule has 0 heterocycles. The second kappa shape index (κ2) is 7.26. The predicted octanol–water partition coefficient (Wildman–Crippen LogP) is 3.14. The van der Waals surface area contributed by atoms with Gasteiger partial charge in [0.15, 0.2) is 11.9 Å². The van der Waals surface area contributed by atoms with E-state index in [0.29, 0.717) is 24.5 Å². The van der Waals surface area contributed by atoms with Crippen LogP contribution in [0.1, 0.15) is 26.7 Å². The number of nitrogens with two attached hydrogens (primary N) is 1. The van der Waals surface area contributed by atoms with E-state index in [1.165, 1.54) is 0 Å². The van der Waals surface area contributed by atoms with Crippen molar-refractivity contribution in [1.29, 1.82) is 0 Å². The highest BCUT2D eigenvalue weighted by Gasteiger charge is 2.22. The summed E-state index contributed by atoms with van der Waals surface area (Å²) in [6.07, 6.45) is 0.809. The molecule has 0 aliphatic heterocycles. The van der Waals surface area contributed by atoms with Crippen LogP contribution in [0.2, 0.25) is 0 Å². The quantitative estimate of drug-likeness (QED) is 0.647. The molecule has 0 saturated heterocycles. The first kappa shape index (κ1) is 14.8. The third-order valence-corrected chi connectivity index (χ3v) is 2.98. The number of hydrogen-bond acceptors (Lipinski definition) is 4. The summed E-state index contributed by atoms with van der Waals surface area (Å²) in [6, 6.07) is 5.36. The van der Waals surface area contributed by atoms with Gasteiger partial charge in [-0.05, 0) is 41.4 Å². The highest BCUT2D eigenvalue weighted by Crippen LogP contribution is 2.32. The number of halogens is 1. The Labute approximate surface area is 116 Å². The van der Waals surface area contributed by atoms with Crippen LogP contribution >= 0.6 is 15.9 Å². The van der Waals surface area contributed by atoms with Gasteiger partial charge in [-0.3, -0.25) is 0 Å². The monoisotopic (exact) mass is 315 g/mol. The minimum atomic E-state index is -0.615. The Kier molecular flexibility index (Phi) is 5.98. The van der Waals surface area contributed by atoms with Gasteiger partial charge in [0.2, 0.25) is 0 Å². The van der Waals surface area contributed by atoms with E-state index in [4.69, 9.17) is 15.2 Å². The van der Waals surface area contributed by atoms with Crippen LogP contribution in [0.3, 0.4) is 0 Å². The van der Waals surface area contributed by atoms with Crippen molar-refractivity contribution < 1.29 is 14.3 Å². The lowest BCUT2D eigenvalue weighted by atomic mass is 10.2. The molecule has 0 aliphatic carbocycles. The van der Waals surface area contributed by atoms with Crippen LogP contribution in [0.5, 0.6) is 5.75 Å². The largest absolute Gasteiger partial charge is 0.475 e. The fraction of sp³-hybridized carbons (Fsp3) is 0.462. The fourth-order valence-corrected chi connectivity index (χ4v) is 1.99. The van der Waals surface area contributed by atoms with Crippen molar-refractivity contribution in [3.8, 4) is 5.75 Å². The van der Waals surface area contributed by atoms with Crippen molar-refractivity contribution in [2.75, 3.05) is 12.3 Å². The Morgan fingerprint density at radius 2 is 2.17 bits per heavy atom. The second-order valence-corrected chi connectivity index (χ2v) is 4.66. The van der Waals surface area contributed by atoms with Crippen molar-refractivity contribution in [2.45, 2.75) is 32.8 Å². The lowest BCUT2D eigenvalue weighted by molar-refractivity contribution is -0.151. The maximum Gasteiger partial charge on any atom is 0.347 e. The van der Waals surface area contributed by atoms with Gasteiger partial charge in [0, 0.05) is 0 Å². The van der Waals surface area contributed by atoms with Crippen LogP contribution in [-0.4, -0.2) is 18.7 Å². The molecule has 1 atom stereocenters. The lowest BCUT2D eigenvalue weighted by Crippen LogP contribution is -2.29. The highest BCUT2D eigenvalue weighted by atomic mass is 79.9. The zero-order valence-corrected chi connectivity index (χ0v) is 12.2. The fourth-order valence-electron chi connectivity index (χ4n) is 1.51. The molecule has 0 aromatic heterocycles. The summed E-state index contributed by atoms with van der Waals surface area (Å²) in [7, 11) is 0. The molecule has 1 aromatic rings. The molecular weight excluding hydrogens is 298 g/mol. The number of benzene rings is 1. The van der Waals surface area contributed by atoms with E-state index in [0.717, 1.165) is 10.9 Å². The molecule has 0 bridgehead atoms. The summed E-state index contributed by atoms with van der Waals surface area (Å²) >= 11 is 3.36. The highest BCUT2D eigenvalue weighted by molar-refractivity contribution is 9.10. The van der Waals surface area contributed by atoms with Crippen molar-refractivity contribution in [3.63, 3.8) is 0 Å². The van der Waals surface area contributed by atoms with E-state index in [1.807, 2.05) is 19.1 Å². The van der Waals surface area contributed by atoms with Gasteiger partial charge in [0.1, 0.15) is 0 Å². The molecule has 0 fully saturated rings. The summed E-state index contributed by atoms with van der Waals surface area (Å²) < 4.78 is 11.4. The van der Waals surface area contributed by atoms with Crippen LogP contribution in [0.4, 0.5) is 5.69 Å². The molecule has 1 rings (SSSR count). The number of hydrogen-bond donors (Lipinski definition) is 1. The zero-order valence-electron chi connectivity index (χ0n) is 10.6. The molecule has 2 N–H and O–H groups in total. The number of para-hydroxylation sites is 1. The lowest BCUT2D eigenvalue weighted by Gasteiger charge is -2.19. The summed E-state index contributed by atoms with van der Waals surface area (Å²) in [5.41, 5.74) is 6.33. The Morgan fingerprint density at radius 1 is 1.44 bits per heavy atom. The van der Waals surface area contributed by atoms with Crippen LogP contribution in [-0.2, 0) is 9.53 Å². The van der Waals surface area contributed by atoms with Crippen LogP contribution in [0.15, 0.2) is 22.7 Å². The predicted molar refractivity (Wildman–Crippen MR) is 74.5 cm³/mol. The molecule has 5 heteroatoms. The molecule has 0 aliphatic rings. The number of anilines is 1. The topological polar surface area (TPSA) is 61.5 Å².